The van der Waals surface area contributed by atoms with E-state index in [1.807, 2.05) is 0 Å². The molecule has 4 rings (SSSR count). The lowest BCUT2D eigenvalue weighted by atomic mass is 9.94. The maximum Gasteiger partial charge on any atom is 0.507 e. The highest BCUT2D eigenvalue weighted by Crippen LogP contribution is 2.35. The van der Waals surface area contributed by atoms with Crippen molar-refractivity contribution in [3.8, 4) is 0 Å². The Morgan fingerprint density at radius 3 is 2.89 bits per heavy atom. The van der Waals surface area contributed by atoms with E-state index in [1.165, 1.54) is 17.4 Å². The normalized spacial score (nSPS) is 20.7. The summed E-state index contributed by atoms with van der Waals surface area (Å²) in [7, 11) is 0. The first-order chi connectivity index (χ1) is 16.9. The topological polar surface area (TPSA) is 123 Å². The van der Waals surface area contributed by atoms with Gasteiger partial charge < -0.3 is 24.6 Å². The van der Waals surface area contributed by atoms with Gasteiger partial charge in [-0.15, -0.1) is 11.3 Å². The second-order valence-corrected chi connectivity index (χ2v) is 8.40. The van der Waals surface area contributed by atoms with E-state index in [4.69, 9.17) is 19.3 Å². The van der Waals surface area contributed by atoms with Crippen molar-refractivity contribution in [1.29, 1.82) is 0 Å². The molecule has 0 amide bonds. The molecular weight excluding hydrogens is 486 g/mol. The summed E-state index contributed by atoms with van der Waals surface area (Å²) >= 11 is 1.28. The number of ether oxygens (including phenoxy) is 3. The number of hydrogen-bond donors (Lipinski definition) is 2. The van der Waals surface area contributed by atoms with Crippen LogP contribution in [0, 0.1) is 11.6 Å². The largest absolute Gasteiger partial charge is 0.507 e. The number of benzene rings is 1. The van der Waals surface area contributed by atoms with Crippen LogP contribution >= 0.6 is 11.3 Å². The molecule has 186 valence electrons. The van der Waals surface area contributed by atoms with E-state index in [1.54, 1.807) is 23.4 Å². The van der Waals surface area contributed by atoms with Gasteiger partial charge in [0.05, 0.1) is 25.4 Å². The van der Waals surface area contributed by atoms with Crippen molar-refractivity contribution in [3.05, 3.63) is 63.3 Å². The zero-order valence-corrected chi connectivity index (χ0v) is 19.4. The molecule has 1 saturated heterocycles. The van der Waals surface area contributed by atoms with Crippen LogP contribution in [0.1, 0.15) is 23.5 Å². The minimum atomic E-state index is -1.47. The smallest absolute Gasteiger partial charge is 0.463 e. The van der Waals surface area contributed by atoms with Crippen LogP contribution in [0.15, 0.2) is 46.0 Å². The number of carbonyl (C=O) groups excluding carboxylic acids is 1. The lowest BCUT2D eigenvalue weighted by molar-refractivity contribution is -0.139. The summed E-state index contributed by atoms with van der Waals surface area (Å²) in [6, 6.07) is 1.87. The minimum absolute atomic E-state index is 0.00222. The fraction of sp³-hybridized carbons (Fsp3) is 0.364. The fourth-order valence-electron chi connectivity index (χ4n) is 3.79. The van der Waals surface area contributed by atoms with E-state index in [0.29, 0.717) is 23.9 Å². The molecule has 0 unspecified atom stereocenters. The molecule has 2 atom stereocenters. The van der Waals surface area contributed by atoms with E-state index < -0.39 is 36.0 Å². The fourth-order valence-corrected chi connectivity index (χ4v) is 4.38. The van der Waals surface area contributed by atoms with Crippen molar-refractivity contribution in [3.63, 3.8) is 0 Å². The first-order valence-corrected chi connectivity index (χ1v) is 11.6. The molecule has 2 N–H and O–H groups in total. The molecule has 0 saturated carbocycles. The van der Waals surface area contributed by atoms with Crippen LogP contribution in [0.4, 0.5) is 13.6 Å². The van der Waals surface area contributed by atoms with Crippen molar-refractivity contribution in [2.45, 2.75) is 19.2 Å². The van der Waals surface area contributed by atoms with Crippen LogP contribution in [0.25, 0.3) is 0 Å². The van der Waals surface area contributed by atoms with Crippen LogP contribution in [0.3, 0.4) is 0 Å². The van der Waals surface area contributed by atoms with Crippen LogP contribution in [0.5, 0.6) is 0 Å². The molecule has 1 aromatic heterocycles. The summed E-state index contributed by atoms with van der Waals surface area (Å²) in [5.41, 5.74) is 0.291. The number of esters is 1. The summed E-state index contributed by atoms with van der Waals surface area (Å²) in [6.07, 6.45) is -0.833. The standard InChI is InChI=1S/C22H22F2N4O6S/c1-2-33-21(29)17-15(10-28-6-7-32-11-16(28)34-22(30)31)26-19(20-25-5-8-35-20)27-18(17)13-4-3-12(23)9-14(13)24/h3-5,8-9,16,18H,2,6-7,10-11H2,1H3,(H,26,27)(H,30,31)/t16-,18-/m0/s1. The predicted octanol–water partition coefficient (Wildman–Crippen LogP) is 2.68. The van der Waals surface area contributed by atoms with Crippen molar-refractivity contribution < 1.29 is 37.7 Å². The Bertz CT molecular complexity index is 1160. The summed E-state index contributed by atoms with van der Waals surface area (Å²) in [5.74, 6) is -2.11. The number of halogens is 2. The highest BCUT2D eigenvalue weighted by molar-refractivity contribution is 7.11. The third-order valence-electron chi connectivity index (χ3n) is 5.30. The van der Waals surface area contributed by atoms with Gasteiger partial charge >= 0.3 is 12.1 Å². The second-order valence-electron chi connectivity index (χ2n) is 7.50. The molecule has 2 aromatic rings. The Hall–Kier alpha value is -3.42. The third kappa shape index (κ3) is 5.63. The zero-order valence-electron chi connectivity index (χ0n) is 18.6. The van der Waals surface area contributed by atoms with Gasteiger partial charge in [0.2, 0.25) is 0 Å². The molecule has 2 aliphatic rings. The minimum Gasteiger partial charge on any atom is -0.463 e. The Morgan fingerprint density at radius 2 is 2.20 bits per heavy atom. The molecule has 3 heterocycles. The van der Waals surface area contributed by atoms with Crippen LogP contribution in [-0.4, -0.2) is 72.1 Å². The number of rotatable bonds is 7. The number of thiazole rings is 1. The summed E-state index contributed by atoms with van der Waals surface area (Å²) in [5, 5.41) is 14.4. The highest BCUT2D eigenvalue weighted by Gasteiger charge is 2.36. The van der Waals surface area contributed by atoms with Crippen molar-refractivity contribution >= 4 is 29.3 Å². The van der Waals surface area contributed by atoms with E-state index >= 15 is 0 Å². The van der Waals surface area contributed by atoms with Gasteiger partial charge in [0.25, 0.3) is 0 Å². The number of nitrogens with one attached hydrogen (secondary N) is 1. The van der Waals surface area contributed by atoms with E-state index in [2.05, 4.69) is 15.3 Å². The summed E-state index contributed by atoms with van der Waals surface area (Å²) in [6.45, 7) is 2.31. The van der Waals surface area contributed by atoms with Gasteiger partial charge in [-0.05, 0) is 13.0 Å². The first kappa shape index (κ1) is 24.7. The van der Waals surface area contributed by atoms with Crippen molar-refractivity contribution in [2.24, 2.45) is 4.99 Å². The van der Waals surface area contributed by atoms with Crippen molar-refractivity contribution in [2.75, 3.05) is 32.9 Å². The predicted molar refractivity (Wildman–Crippen MR) is 120 cm³/mol. The number of hydrogen-bond acceptors (Lipinski definition) is 10. The second kappa shape index (κ2) is 10.9. The maximum absolute atomic E-state index is 14.9. The monoisotopic (exact) mass is 508 g/mol. The van der Waals surface area contributed by atoms with Crippen LogP contribution in [-0.2, 0) is 19.0 Å². The Labute approximate surface area is 202 Å². The number of aliphatic imine (C=N–C) groups is 1. The molecule has 0 spiro atoms. The van der Waals surface area contributed by atoms with Gasteiger partial charge in [0.1, 0.15) is 17.7 Å². The van der Waals surface area contributed by atoms with Gasteiger partial charge in [-0.3, -0.25) is 9.89 Å². The number of morpholine rings is 1. The number of carbonyl (C=O) groups is 2. The Balaban J connectivity index is 1.81. The van der Waals surface area contributed by atoms with Gasteiger partial charge in [-0.1, -0.05) is 6.07 Å². The number of amidine groups is 1. The summed E-state index contributed by atoms with van der Waals surface area (Å²) < 4.78 is 44.1. The quantitative estimate of drug-likeness (QED) is 0.544. The highest BCUT2D eigenvalue weighted by atomic mass is 32.1. The first-order valence-electron chi connectivity index (χ1n) is 10.7. The van der Waals surface area contributed by atoms with E-state index in [0.717, 1.165) is 12.1 Å². The van der Waals surface area contributed by atoms with E-state index in [-0.39, 0.29) is 36.7 Å². The molecular formula is C22H22F2N4O6S. The molecule has 0 radical (unpaired) electrons. The molecule has 10 nitrogen and oxygen atoms in total. The number of carboxylic acid groups (broad SMARTS) is 1. The van der Waals surface area contributed by atoms with Crippen molar-refractivity contribution in [1.82, 2.24) is 15.2 Å². The maximum atomic E-state index is 14.9. The molecule has 0 bridgehead atoms. The third-order valence-corrected chi connectivity index (χ3v) is 6.08. The molecule has 13 heteroatoms. The molecule has 35 heavy (non-hydrogen) atoms. The van der Waals surface area contributed by atoms with E-state index in [9.17, 15) is 18.4 Å². The zero-order chi connectivity index (χ0) is 24.9. The van der Waals surface area contributed by atoms with Gasteiger partial charge in [-0.25, -0.2) is 23.4 Å². The lowest BCUT2D eigenvalue weighted by Crippen LogP contribution is -2.50. The Morgan fingerprint density at radius 1 is 1.37 bits per heavy atom. The van der Waals surface area contributed by atoms with Gasteiger partial charge in [-0.2, -0.15) is 0 Å². The molecule has 1 fully saturated rings. The molecule has 2 aliphatic heterocycles. The van der Waals surface area contributed by atoms with Crippen LogP contribution in [0.2, 0.25) is 0 Å². The Kier molecular flexibility index (Phi) is 7.68. The van der Waals surface area contributed by atoms with Crippen LogP contribution < -0.4 is 5.32 Å². The van der Waals surface area contributed by atoms with Gasteiger partial charge in [0, 0.05) is 42.0 Å². The van der Waals surface area contributed by atoms with Gasteiger partial charge in [0.15, 0.2) is 17.1 Å². The summed E-state index contributed by atoms with van der Waals surface area (Å²) in [4.78, 5) is 34.7. The average molecular weight is 509 g/mol. The SMILES string of the molecule is CCOC(=O)C1=C(CN2CCOC[C@@H]2OC(=O)O)NC(c2nccs2)=N[C@H]1c1ccc(F)cc1F. The number of nitrogens with zero attached hydrogens (tertiary/aromatic N) is 3. The number of aromatic nitrogens is 1. The lowest BCUT2D eigenvalue weighted by Gasteiger charge is -2.36. The molecule has 1 aromatic carbocycles. The molecule has 0 aliphatic carbocycles. The average Bonchev–Trinajstić information content (AvgIpc) is 3.35.